The molecule has 0 aliphatic rings. The Labute approximate surface area is 93.5 Å². The highest BCUT2D eigenvalue weighted by Crippen LogP contribution is 2.34. The highest BCUT2D eigenvalue weighted by atomic mass is 79.9. The van der Waals surface area contributed by atoms with E-state index in [1.165, 1.54) is 6.92 Å². The molecule has 2 nitrogen and oxygen atoms in total. The minimum Gasteiger partial charge on any atom is -0.494 e. The van der Waals surface area contributed by atoms with Gasteiger partial charge in [0.05, 0.1) is 16.1 Å². The lowest BCUT2D eigenvalue weighted by atomic mass is 10.1. The van der Waals surface area contributed by atoms with Gasteiger partial charge < -0.3 is 4.74 Å². The van der Waals surface area contributed by atoms with Crippen molar-refractivity contribution < 1.29 is 9.53 Å². The average Bonchev–Trinajstić information content (AvgIpc) is 2.03. The summed E-state index contributed by atoms with van der Waals surface area (Å²) in [5.74, 6) is 0.731. The first-order valence-corrected chi connectivity index (χ1v) is 5.19. The van der Waals surface area contributed by atoms with Crippen molar-refractivity contribution in [3.63, 3.8) is 0 Å². The molecule has 0 aliphatic heterocycles. The highest BCUT2D eigenvalue weighted by Gasteiger charge is 2.09. The first kappa shape index (κ1) is 10.7. The van der Waals surface area contributed by atoms with Crippen LogP contribution in [0.5, 0.6) is 5.75 Å². The summed E-state index contributed by atoms with van der Waals surface area (Å²) in [6.07, 6.45) is 0. The van der Waals surface area contributed by atoms with Gasteiger partial charge in [0.15, 0.2) is 5.78 Å². The van der Waals surface area contributed by atoms with Crippen LogP contribution in [0.25, 0.3) is 0 Å². The maximum atomic E-state index is 11.1. The van der Waals surface area contributed by atoms with Crippen LogP contribution in [0.3, 0.4) is 0 Å². The number of ketones is 1. The van der Waals surface area contributed by atoms with Crippen LogP contribution in [-0.4, -0.2) is 12.9 Å². The molecule has 0 radical (unpaired) electrons. The molecule has 0 saturated heterocycles. The summed E-state index contributed by atoms with van der Waals surface area (Å²) in [4.78, 5) is 11.1. The summed E-state index contributed by atoms with van der Waals surface area (Å²) in [5, 5.41) is 0. The molecule has 1 rings (SSSR count). The summed E-state index contributed by atoms with van der Waals surface area (Å²) >= 11 is 6.64. The van der Waals surface area contributed by atoms with E-state index in [1.54, 1.807) is 19.2 Å². The fourth-order valence-corrected chi connectivity index (χ4v) is 2.47. The first-order chi connectivity index (χ1) is 6.06. The number of benzene rings is 1. The Kier molecular flexibility index (Phi) is 3.50. The Hall–Kier alpha value is -0.350. The lowest BCUT2D eigenvalue weighted by Gasteiger charge is -2.07. The molecule has 0 saturated carbocycles. The van der Waals surface area contributed by atoms with E-state index in [9.17, 15) is 4.79 Å². The van der Waals surface area contributed by atoms with Crippen molar-refractivity contribution in [2.45, 2.75) is 6.92 Å². The van der Waals surface area contributed by atoms with Crippen LogP contribution in [0.2, 0.25) is 0 Å². The lowest BCUT2D eigenvalue weighted by Crippen LogP contribution is -1.94. The number of rotatable bonds is 2. The maximum Gasteiger partial charge on any atom is 0.159 e. The Morgan fingerprint density at radius 3 is 2.08 bits per heavy atom. The minimum atomic E-state index is 0.0315. The second-order valence-electron chi connectivity index (χ2n) is 2.53. The van der Waals surface area contributed by atoms with Crippen LogP contribution in [0.15, 0.2) is 21.1 Å². The van der Waals surface area contributed by atoms with Gasteiger partial charge in [-0.25, -0.2) is 0 Å². The van der Waals surface area contributed by atoms with Crippen molar-refractivity contribution in [1.29, 1.82) is 0 Å². The normalized spacial score (nSPS) is 9.85. The fourth-order valence-electron chi connectivity index (χ4n) is 0.958. The van der Waals surface area contributed by atoms with Gasteiger partial charge in [-0.05, 0) is 50.9 Å². The zero-order valence-corrected chi connectivity index (χ0v) is 10.4. The molecule has 0 amide bonds. The van der Waals surface area contributed by atoms with Gasteiger partial charge in [-0.15, -0.1) is 0 Å². The van der Waals surface area contributed by atoms with Crippen LogP contribution >= 0.6 is 31.9 Å². The number of Topliss-reactive ketones (excluding diaryl/α,β-unsaturated/α-hetero) is 1. The van der Waals surface area contributed by atoms with Gasteiger partial charge in [-0.3, -0.25) is 4.79 Å². The van der Waals surface area contributed by atoms with Gasteiger partial charge in [0.1, 0.15) is 5.75 Å². The predicted molar refractivity (Wildman–Crippen MR) is 58.4 cm³/mol. The molecule has 0 aromatic heterocycles. The number of ether oxygens (including phenoxy) is 1. The van der Waals surface area contributed by atoms with Gasteiger partial charge in [-0.2, -0.15) is 0 Å². The predicted octanol–water partition coefficient (Wildman–Crippen LogP) is 3.42. The third-order valence-corrected chi connectivity index (χ3v) is 2.79. The first-order valence-electron chi connectivity index (χ1n) is 3.60. The standard InChI is InChI=1S/C9H8Br2O2/c1-5(12)6-3-7(10)9(13-2)8(11)4-6/h3-4H,1-2H3. The Morgan fingerprint density at radius 2 is 1.77 bits per heavy atom. The van der Waals surface area contributed by atoms with Crippen molar-refractivity contribution in [3.8, 4) is 5.75 Å². The van der Waals surface area contributed by atoms with Gasteiger partial charge >= 0.3 is 0 Å². The summed E-state index contributed by atoms with van der Waals surface area (Å²) in [6.45, 7) is 1.53. The monoisotopic (exact) mass is 306 g/mol. The van der Waals surface area contributed by atoms with E-state index in [0.29, 0.717) is 11.3 Å². The molecule has 0 fully saturated rings. The second kappa shape index (κ2) is 4.24. The number of hydrogen-bond acceptors (Lipinski definition) is 2. The van der Waals surface area contributed by atoms with Crippen LogP contribution in [0.4, 0.5) is 0 Å². The zero-order chi connectivity index (χ0) is 10.0. The van der Waals surface area contributed by atoms with E-state index in [1.807, 2.05) is 0 Å². The van der Waals surface area contributed by atoms with Crippen LogP contribution in [0, 0.1) is 0 Å². The molecule has 0 atom stereocenters. The topological polar surface area (TPSA) is 26.3 Å². The maximum absolute atomic E-state index is 11.1. The molecule has 0 aliphatic carbocycles. The van der Waals surface area contributed by atoms with E-state index in [2.05, 4.69) is 31.9 Å². The van der Waals surface area contributed by atoms with Gasteiger partial charge in [0, 0.05) is 5.56 Å². The van der Waals surface area contributed by atoms with Gasteiger partial charge in [0.2, 0.25) is 0 Å². The summed E-state index contributed by atoms with van der Waals surface area (Å²) in [5.41, 5.74) is 0.652. The number of methoxy groups -OCH3 is 1. The van der Waals surface area contributed by atoms with Crippen molar-refractivity contribution >= 4 is 37.6 Å². The number of halogens is 2. The molecule has 1 aromatic carbocycles. The van der Waals surface area contributed by atoms with Gasteiger partial charge in [0.25, 0.3) is 0 Å². The van der Waals surface area contributed by atoms with Crippen molar-refractivity contribution in [2.24, 2.45) is 0 Å². The zero-order valence-electron chi connectivity index (χ0n) is 7.23. The molecular weight excluding hydrogens is 300 g/mol. The molecule has 4 heteroatoms. The van der Waals surface area contributed by atoms with Crippen molar-refractivity contribution in [2.75, 3.05) is 7.11 Å². The largest absolute Gasteiger partial charge is 0.494 e. The van der Waals surface area contributed by atoms with E-state index >= 15 is 0 Å². The fraction of sp³-hybridized carbons (Fsp3) is 0.222. The van der Waals surface area contributed by atoms with Gasteiger partial charge in [-0.1, -0.05) is 0 Å². The molecule has 0 spiro atoms. The number of hydrogen-bond donors (Lipinski definition) is 0. The molecule has 13 heavy (non-hydrogen) atoms. The number of carbonyl (C=O) groups excluding carboxylic acids is 1. The molecule has 0 N–H and O–H groups in total. The number of carbonyl (C=O) groups is 1. The summed E-state index contributed by atoms with van der Waals surface area (Å²) < 4.78 is 6.65. The highest BCUT2D eigenvalue weighted by molar-refractivity contribution is 9.11. The third kappa shape index (κ3) is 2.31. The SMILES string of the molecule is COc1c(Br)cc(C(C)=O)cc1Br. The van der Waals surface area contributed by atoms with Crippen LogP contribution in [0.1, 0.15) is 17.3 Å². The van der Waals surface area contributed by atoms with Crippen LogP contribution in [-0.2, 0) is 0 Å². The minimum absolute atomic E-state index is 0.0315. The van der Waals surface area contributed by atoms with Crippen molar-refractivity contribution in [3.05, 3.63) is 26.6 Å². The second-order valence-corrected chi connectivity index (χ2v) is 4.24. The smallest absolute Gasteiger partial charge is 0.159 e. The molecule has 0 bridgehead atoms. The summed E-state index contributed by atoms with van der Waals surface area (Å²) in [6, 6.07) is 3.48. The Bertz CT molecular complexity index is 324. The molecular formula is C9H8Br2O2. The molecule has 0 heterocycles. The Balaban J connectivity index is 3.28. The average molecular weight is 308 g/mol. The third-order valence-electron chi connectivity index (χ3n) is 1.61. The van der Waals surface area contributed by atoms with Crippen molar-refractivity contribution in [1.82, 2.24) is 0 Å². The van der Waals surface area contributed by atoms with Crippen LogP contribution < -0.4 is 4.74 Å². The van der Waals surface area contributed by atoms with E-state index in [4.69, 9.17) is 4.74 Å². The summed E-state index contributed by atoms with van der Waals surface area (Å²) in [7, 11) is 1.58. The van der Waals surface area contributed by atoms with E-state index in [0.717, 1.165) is 8.95 Å². The molecule has 0 unspecified atom stereocenters. The Morgan fingerprint density at radius 1 is 1.31 bits per heavy atom. The lowest BCUT2D eigenvalue weighted by molar-refractivity contribution is 0.101. The van der Waals surface area contributed by atoms with E-state index < -0.39 is 0 Å². The molecule has 1 aromatic rings. The molecule has 70 valence electrons. The van der Waals surface area contributed by atoms with E-state index in [-0.39, 0.29) is 5.78 Å². The quantitative estimate of drug-likeness (QED) is 0.783.